The fraction of sp³-hybridized carbons (Fsp3) is 0.0588. The number of fused-ring (bicyclic) bond motifs is 1. The Morgan fingerprint density at radius 3 is 2.75 bits per heavy atom. The number of aromatic nitrogens is 2. The molecular weight excluding hydrogens is 308 g/mol. The van der Waals surface area contributed by atoms with Crippen molar-refractivity contribution >= 4 is 23.0 Å². The minimum Gasteiger partial charge on any atom is -0.506 e. The smallest absolute Gasteiger partial charge is 0.280 e. The maximum atomic E-state index is 12.4. The Kier molecular flexibility index (Phi) is 4.07. The molecule has 0 saturated heterocycles. The molecule has 0 fully saturated rings. The number of hydrazone groups is 1. The first-order chi connectivity index (χ1) is 11.6. The number of rotatable bonds is 3. The van der Waals surface area contributed by atoms with Gasteiger partial charge < -0.3 is 9.67 Å². The Hall–Kier alpha value is -3.48. The highest BCUT2D eigenvalue weighted by molar-refractivity contribution is 6.02. The molecule has 0 aliphatic carbocycles. The second kappa shape index (κ2) is 6.33. The van der Waals surface area contributed by atoms with Gasteiger partial charge in [-0.3, -0.25) is 14.6 Å². The number of aromatic hydroxyl groups is 1. The van der Waals surface area contributed by atoms with Crippen LogP contribution in [0, 0.1) is 0 Å². The molecule has 0 spiro atoms. The standard InChI is InChI=1S/C17H14N4O3/c1-21-13-8-3-2-7-12(13)15(22)14(17(21)24)16(23)20-19-10-11-6-4-5-9-18-11/h2-10,22H,1H3,(H,20,23)/b19-10+. The van der Waals surface area contributed by atoms with Crippen molar-refractivity contribution in [3.05, 3.63) is 70.3 Å². The maximum Gasteiger partial charge on any atom is 0.280 e. The number of carbonyl (C=O) groups is 1. The molecule has 1 aromatic carbocycles. The number of amides is 1. The molecule has 2 heterocycles. The Morgan fingerprint density at radius 1 is 1.25 bits per heavy atom. The molecule has 0 saturated carbocycles. The van der Waals surface area contributed by atoms with E-state index in [4.69, 9.17) is 0 Å². The largest absolute Gasteiger partial charge is 0.506 e. The lowest BCUT2D eigenvalue weighted by molar-refractivity contribution is 0.0950. The highest BCUT2D eigenvalue weighted by Crippen LogP contribution is 2.25. The second-order valence-corrected chi connectivity index (χ2v) is 5.06. The van der Waals surface area contributed by atoms with E-state index in [0.29, 0.717) is 16.6 Å². The van der Waals surface area contributed by atoms with E-state index in [1.807, 2.05) is 0 Å². The average molecular weight is 322 g/mol. The zero-order chi connectivity index (χ0) is 17.1. The molecule has 2 aromatic heterocycles. The van der Waals surface area contributed by atoms with Gasteiger partial charge in [0, 0.05) is 18.6 Å². The van der Waals surface area contributed by atoms with Crippen LogP contribution in [0.4, 0.5) is 0 Å². The number of carbonyl (C=O) groups excluding carboxylic acids is 1. The summed E-state index contributed by atoms with van der Waals surface area (Å²) in [6.45, 7) is 0. The summed E-state index contributed by atoms with van der Waals surface area (Å²) in [6, 6.07) is 12.0. The quantitative estimate of drug-likeness (QED) is 0.563. The third-order valence-corrected chi connectivity index (χ3v) is 3.55. The van der Waals surface area contributed by atoms with Gasteiger partial charge in [-0.1, -0.05) is 18.2 Å². The van der Waals surface area contributed by atoms with E-state index >= 15 is 0 Å². The van der Waals surface area contributed by atoms with E-state index < -0.39 is 11.5 Å². The Balaban J connectivity index is 1.96. The van der Waals surface area contributed by atoms with Crippen LogP contribution in [-0.4, -0.2) is 26.8 Å². The molecule has 1 amide bonds. The molecule has 3 rings (SSSR count). The van der Waals surface area contributed by atoms with E-state index in [9.17, 15) is 14.7 Å². The van der Waals surface area contributed by atoms with Crippen molar-refractivity contribution in [1.29, 1.82) is 0 Å². The van der Waals surface area contributed by atoms with Gasteiger partial charge in [-0.05, 0) is 24.3 Å². The minimum atomic E-state index is -0.786. The van der Waals surface area contributed by atoms with Crippen LogP contribution in [0.2, 0.25) is 0 Å². The number of nitrogens with zero attached hydrogens (tertiary/aromatic N) is 3. The van der Waals surface area contributed by atoms with Gasteiger partial charge in [-0.2, -0.15) is 5.10 Å². The van der Waals surface area contributed by atoms with Crippen molar-refractivity contribution in [3.63, 3.8) is 0 Å². The van der Waals surface area contributed by atoms with Gasteiger partial charge in [0.05, 0.1) is 17.4 Å². The summed E-state index contributed by atoms with van der Waals surface area (Å²) in [4.78, 5) is 28.6. The van der Waals surface area contributed by atoms with Crippen LogP contribution in [0.1, 0.15) is 16.1 Å². The van der Waals surface area contributed by atoms with Crippen LogP contribution in [0.15, 0.2) is 58.6 Å². The van der Waals surface area contributed by atoms with Crippen molar-refractivity contribution < 1.29 is 9.90 Å². The monoisotopic (exact) mass is 322 g/mol. The predicted molar refractivity (Wildman–Crippen MR) is 90.2 cm³/mol. The van der Waals surface area contributed by atoms with Gasteiger partial charge in [-0.15, -0.1) is 0 Å². The first-order valence-corrected chi connectivity index (χ1v) is 7.14. The molecule has 0 aliphatic heterocycles. The summed E-state index contributed by atoms with van der Waals surface area (Å²) in [6.07, 6.45) is 2.94. The zero-order valence-corrected chi connectivity index (χ0v) is 12.8. The van der Waals surface area contributed by atoms with E-state index in [0.717, 1.165) is 0 Å². The topological polar surface area (TPSA) is 96.6 Å². The molecule has 2 N–H and O–H groups in total. The molecule has 0 atom stereocenters. The van der Waals surface area contributed by atoms with Crippen molar-refractivity contribution in [2.75, 3.05) is 0 Å². The molecule has 0 unspecified atom stereocenters. The number of hydrogen-bond donors (Lipinski definition) is 2. The molecule has 7 nitrogen and oxygen atoms in total. The predicted octanol–water partition coefficient (Wildman–Crippen LogP) is 1.40. The van der Waals surface area contributed by atoms with Crippen LogP contribution < -0.4 is 11.0 Å². The average Bonchev–Trinajstić information content (AvgIpc) is 2.61. The number of pyridine rings is 2. The van der Waals surface area contributed by atoms with Gasteiger partial charge >= 0.3 is 0 Å². The summed E-state index contributed by atoms with van der Waals surface area (Å²) in [5.41, 5.74) is 2.37. The number of nitrogens with one attached hydrogen (secondary N) is 1. The SMILES string of the molecule is Cn1c(=O)c(C(=O)N/N=C/c2ccccn2)c(O)c2ccccc21. The molecule has 0 aliphatic rings. The number of hydrogen-bond acceptors (Lipinski definition) is 5. The zero-order valence-electron chi connectivity index (χ0n) is 12.8. The van der Waals surface area contributed by atoms with Gasteiger partial charge in [0.2, 0.25) is 0 Å². The van der Waals surface area contributed by atoms with E-state index in [1.54, 1.807) is 48.7 Å². The normalized spacial score (nSPS) is 11.0. The summed E-state index contributed by atoms with van der Waals surface area (Å²) in [5, 5.41) is 14.5. The van der Waals surface area contributed by atoms with Crippen molar-refractivity contribution in [1.82, 2.24) is 15.0 Å². The van der Waals surface area contributed by atoms with Crippen molar-refractivity contribution in [3.8, 4) is 5.75 Å². The van der Waals surface area contributed by atoms with E-state index in [1.165, 1.54) is 17.8 Å². The molecule has 3 aromatic rings. The van der Waals surface area contributed by atoms with Crippen LogP contribution in [-0.2, 0) is 7.05 Å². The molecule has 0 bridgehead atoms. The summed E-state index contributed by atoms with van der Waals surface area (Å²) >= 11 is 0. The summed E-state index contributed by atoms with van der Waals surface area (Å²) < 4.78 is 1.31. The first kappa shape index (κ1) is 15.4. The summed E-state index contributed by atoms with van der Waals surface area (Å²) in [5.74, 6) is -1.15. The fourth-order valence-electron chi connectivity index (χ4n) is 2.35. The van der Waals surface area contributed by atoms with Gasteiger partial charge in [0.15, 0.2) is 0 Å². The molecule has 0 radical (unpaired) electrons. The number of benzene rings is 1. The number of para-hydroxylation sites is 1. The highest BCUT2D eigenvalue weighted by Gasteiger charge is 2.20. The Labute approximate surface area is 136 Å². The lowest BCUT2D eigenvalue weighted by Gasteiger charge is -2.10. The van der Waals surface area contributed by atoms with Crippen molar-refractivity contribution in [2.45, 2.75) is 0 Å². The minimum absolute atomic E-state index is 0.352. The van der Waals surface area contributed by atoms with E-state index in [-0.39, 0.29) is 11.3 Å². The van der Waals surface area contributed by atoms with Crippen molar-refractivity contribution in [2.24, 2.45) is 12.1 Å². The molecule has 24 heavy (non-hydrogen) atoms. The third kappa shape index (κ3) is 2.74. The Bertz CT molecular complexity index is 994. The lowest BCUT2D eigenvalue weighted by atomic mass is 10.1. The van der Waals surface area contributed by atoms with Gasteiger partial charge in [0.25, 0.3) is 11.5 Å². The van der Waals surface area contributed by atoms with Crippen LogP contribution >= 0.6 is 0 Å². The van der Waals surface area contributed by atoms with E-state index in [2.05, 4.69) is 15.5 Å². The van der Waals surface area contributed by atoms with Crippen LogP contribution in [0.25, 0.3) is 10.9 Å². The van der Waals surface area contributed by atoms with Gasteiger partial charge in [-0.25, -0.2) is 5.43 Å². The highest BCUT2D eigenvalue weighted by atomic mass is 16.3. The third-order valence-electron chi connectivity index (χ3n) is 3.55. The maximum absolute atomic E-state index is 12.4. The molecule has 120 valence electrons. The van der Waals surface area contributed by atoms with Crippen LogP contribution in [0.5, 0.6) is 5.75 Å². The summed E-state index contributed by atoms with van der Waals surface area (Å²) in [7, 11) is 1.54. The second-order valence-electron chi connectivity index (χ2n) is 5.06. The first-order valence-electron chi connectivity index (χ1n) is 7.14. The Morgan fingerprint density at radius 2 is 2.00 bits per heavy atom. The van der Waals surface area contributed by atoms with Crippen LogP contribution in [0.3, 0.4) is 0 Å². The molecular formula is C17H14N4O3. The fourth-order valence-corrected chi connectivity index (χ4v) is 2.35. The lowest BCUT2D eigenvalue weighted by Crippen LogP contribution is -2.30. The van der Waals surface area contributed by atoms with Gasteiger partial charge in [0.1, 0.15) is 11.3 Å². The number of aryl methyl sites for hydroxylation is 1. The molecule has 7 heteroatoms.